The number of nitrogens with zero attached hydrogens (tertiary/aromatic N) is 1. The Balaban J connectivity index is 1.93. The number of carbonyl (C=O) groups is 1. The lowest BCUT2D eigenvalue weighted by Crippen LogP contribution is -2.05. The maximum atomic E-state index is 11.8. The number of esters is 1. The summed E-state index contributed by atoms with van der Waals surface area (Å²) in [5.74, 6) is 0.560. The SMILES string of the molecule is COc1cccc(C2=NC(=Cc3cccs3)C(=O)O2)c1. The van der Waals surface area contributed by atoms with Crippen LogP contribution in [0.5, 0.6) is 5.75 Å². The molecule has 1 aromatic carbocycles. The zero-order valence-electron chi connectivity index (χ0n) is 10.7. The van der Waals surface area contributed by atoms with Gasteiger partial charge in [0.25, 0.3) is 0 Å². The maximum absolute atomic E-state index is 11.8. The van der Waals surface area contributed by atoms with E-state index in [1.54, 1.807) is 30.6 Å². The second-order valence-corrected chi connectivity index (χ2v) is 5.06. The van der Waals surface area contributed by atoms with E-state index in [-0.39, 0.29) is 0 Å². The van der Waals surface area contributed by atoms with Gasteiger partial charge in [0.1, 0.15) is 5.75 Å². The highest BCUT2D eigenvalue weighted by Gasteiger charge is 2.24. The van der Waals surface area contributed by atoms with E-state index in [0.29, 0.717) is 22.9 Å². The molecular formula is C15H11NO3S. The van der Waals surface area contributed by atoms with Crippen LogP contribution in [0.25, 0.3) is 6.08 Å². The quantitative estimate of drug-likeness (QED) is 0.643. The third kappa shape index (κ3) is 2.48. The van der Waals surface area contributed by atoms with Crippen LogP contribution in [-0.2, 0) is 9.53 Å². The molecule has 0 unspecified atom stereocenters. The van der Waals surface area contributed by atoms with Crippen molar-refractivity contribution in [3.05, 3.63) is 57.9 Å². The summed E-state index contributed by atoms with van der Waals surface area (Å²) in [5.41, 5.74) is 1.03. The highest BCUT2D eigenvalue weighted by Crippen LogP contribution is 2.22. The predicted molar refractivity (Wildman–Crippen MR) is 77.9 cm³/mol. The van der Waals surface area contributed by atoms with Crippen molar-refractivity contribution >= 4 is 29.3 Å². The second kappa shape index (κ2) is 5.30. The summed E-state index contributed by atoms with van der Waals surface area (Å²) in [4.78, 5) is 17.0. The van der Waals surface area contributed by atoms with Crippen LogP contribution in [0.2, 0.25) is 0 Å². The number of carbonyl (C=O) groups excluding carboxylic acids is 1. The summed E-state index contributed by atoms with van der Waals surface area (Å²) < 4.78 is 10.3. The summed E-state index contributed by atoms with van der Waals surface area (Å²) >= 11 is 1.54. The van der Waals surface area contributed by atoms with Crippen molar-refractivity contribution in [2.24, 2.45) is 4.99 Å². The molecule has 1 aliphatic heterocycles. The third-order valence-electron chi connectivity index (χ3n) is 2.76. The van der Waals surface area contributed by atoms with Crippen LogP contribution in [0.15, 0.2) is 52.5 Å². The van der Waals surface area contributed by atoms with E-state index in [4.69, 9.17) is 9.47 Å². The Morgan fingerprint density at radius 1 is 1.30 bits per heavy atom. The molecule has 1 aromatic heterocycles. The monoisotopic (exact) mass is 285 g/mol. The summed E-state index contributed by atoms with van der Waals surface area (Å²) in [6.45, 7) is 0. The Bertz CT molecular complexity index is 702. The Morgan fingerprint density at radius 2 is 2.20 bits per heavy atom. The lowest BCUT2D eigenvalue weighted by molar-refractivity contribution is -0.129. The van der Waals surface area contributed by atoms with Crippen LogP contribution in [0.4, 0.5) is 0 Å². The number of hydrogen-bond acceptors (Lipinski definition) is 5. The van der Waals surface area contributed by atoms with Gasteiger partial charge in [0.05, 0.1) is 7.11 Å². The van der Waals surface area contributed by atoms with E-state index in [1.165, 1.54) is 0 Å². The van der Waals surface area contributed by atoms with E-state index >= 15 is 0 Å². The molecule has 0 atom stereocenters. The molecule has 4 nitrogen and oxygen atoms in total. The number of ether oxygens (including phenoxy) is 2. The fourth-order valence-electron chi connectivity index (χ4n) is 1.80. The molecule has 0 fully saturated rings. The number of aliphatic imine (C=N–C) groups is 1. The minimum atomic E-state index is -0.434. The standard InChI is InChI=1S/C15H11NO3S/c1-18-11-5-2-4-10(8-11)14-16-13(15(17)19-14)9-12-6-3-7-20-12/h2-9H,1H3. The third-order valence-corrected chi connectivity index (χ3v) is 3.58. The molecule has 0 amide bonds. The van der Waals surface area contributed by atoms with Gasteiger partial charge in [-0.05, 0) is 35.7 Å². The molecule has 3 rings (SSSR count). The molecule has 0 saturated carbocycles. The first-order chi connectivity index (χ1) is 9.76. The second-order valence-electron chi connectivity index (χ2n) is 4.08. The van der Waals surface area contributed by atoms with E-state index < -0.39 is 5.97 Å². The van der Waals surface area contributed by atoms with Gasteiger partial charge < -0.3 is 9.47 Å². The average molecular weight is 285 g/mol. The van der Waals surface area contributed by atoms with Crippen molar-refractivity contribution in [1.82, 2.24) is 0 Å². The summed E-state index contributed by atoms with van der Waals surface area (Å²) in [6.07, 6.45) is 1.72. The van der Waals surface area contributed by atoms with Gasteiger partial charge in [0.2, 0.25) is 5.90 Å². The molecule has 2 aromatic rings. The fraction of sp³-hybridized carbons (Fsp3) is 0.0667. The summed E-state index contributed by atoms with van der Waals surface area (Å²) in [5, 5.41) is 1.94. The van der Waals surface area contributed by atoms with Crippen molar-refractivity contribution < 1.29 is 14.3 Å². The Labute approximate surface area is 120 Å². The molecular weight excluding hydrogens is 274 g/mol. The summed E-state index contributed by atoms with van der Waals surface area (Å²) in [6, 6.07) is 11.1. The fourth-order valence-corrected chi connectivity index (χ4v) is 2.45. The zero-order chi connectivity index (χ0) is 13.9. The van der Waals surface area contributed by atoms with Crippen molar-refractivity contribution in [2.75, 3.05) is 7.11 Å². The molecule has 2 heterocycles. The molecule has 0 aliphatic carbocycles. The normalized spacial score (nSPS) is 16.1. The molecule has 0 N–H and O–H groups in total. The first-order valence-corrected chi connectivity index (χ1v) is 6.85. The number of benzene rings is 1. The number of hydrogen-bond donors (Lipinski definition) is 0. The van der Waals surface area contributed by atoms with Crippen LogP contribution < -0.4 is 4.74 Å². The topological polar surface area (TPSA) is 47.9 Å². The minimum absolute atomic E-state index is 0.303. The van der Waals surface area contributed by atoms with E-state index in [2.05, 4.69) is 4.99 Å². The molecule has 0 saturated heterocycles. The number of cyclic esters (lactones) is 1. The highest BCUT2D eigenvalue weighted by atomic mass is 32.1. The highest BCUT2D eigenvalue weighted by molar-refractivity contribution is 7.10. The van der Waals surface area contributed by atoms with E-state index in [1.807, 2.05) is 35.7 Å². The number of methoxy groups -OCH3 is 1. The molecule has 20 heavy (non-hydrogen) atoms. The largest absolute Gasteiger partial charge is 0.497 e. The van der Waals surface area contributed by atoms with Crippen LogP contribution in [0.1, 0.15) is 10.4 Å². The van der Waals surface area contributed by atoms with Crippen LogP contribution in [0, 0.1) is 0 Å². The molecule has 5 heteroatoms. The van der Waals surface area contributed by atoms with Gasteiger partial charge in [0, 0.05) is 10.4 Å². The van der Waals surface area contributed by atoms with Gasteiger partial charge in [-0.25, -0.2) is 9.79 Å². The molecule has 0 radical (unpaired) electrons. The van der Waals surface area contributed by atoms with Crippen molar-refractivity contribution in [3.8, 4) is 5.75 Å². The first kappa shape index (κ1) is 12.6. The molecule has 0 bridgehead atoms. The molecule has 0 spiro atoms. The summed E-state index contributed by atoms with van der Waals surface area (Å²) in [7, 11) is 1.59. The van der Waals surface area contributed by atoms with Gasteiger partial charge in [-0.15, -0.1) is 11.3 Å². The Kier molecular flexibility index (Phi) is 3.35. The number of rotatable bonds is 3. The first-order valence-electron chi connectivity index (χ1n) is 5.97. The van der Waals surface area contributed by atoms with Gasteiger partial charge in [-0.3, -0.25) is 0 Å². The lowest BCUT2D eigenvalue weighted by Gasteiger charge is -2.02. The van der Waals surface area contributed by atoms with Crippen molar-refractivity contribution in [2.45, 2.75) is 0 Å². The number of thiophene rings is 1. The predicted octanol–water partition coefficient (Wildman–Crippen LogP) is 3.10. The van der Waals surface area contributed by atoms with Gasteiger partial charge >= 0.3 is 5.97 Å². The molecule has 1 aliphatic rings. The Morgan fingerprint density at radius 3 is 2.95 bits per heavy atom. The average Bonchev–Trinajstić information content (AvgIpc) is 3.10. The van der Waals surface area contributed by atoms with Gasteiger partial charge in [-0.1, -0.05) is 12.1 Å². The van der Waals surface area contributed by atoms with Crippen molar-refractivity contribution in [1.29, 1.82) is 0 Å². The lowest BCUT2D eigenvalue weighted by atomic mass is 10.2. The minimum Gasteiger partial charge on any atom is -0.497 e. The van der Waals surface area contributed by atoms with Crippen LogP contribution in [-0.4, -0.2) is 19.0 Å². The van der Waals surface area contributed by atoms with E-state index in [0.717, 1.165) is 4.88 Å². The van der Waals surface area contributed by atoms with Gasteiger partial charge in [0.15, 0.2) is 5.70 Å². The zero-order valence-corrected chi connectivity index (χ0v) is 11.5. The van der Waals surface area contributed by atoms with Crippen molar-refractivity contribution in [3.63, 3.8) is 0 Å². The molecule has 100 valence electrons. The van der Waals surface area contributed by atoms with Gasteiger partial charge in [-0.2, -0.15) is 0 Å². The Hall–Kier alpha value is -2.40. The van der Waals surface area contributed by atoms with E-state index in [9.17, 15) is 4.79 Å². The maximum Gasteiger partial charge on any atom is 0.363 e. The van der Waals surface area contributed by atoms with Crippen LogP contribution in [0.3, 0.4) is 0 Å². The van der Waals surface area contributed by atoms with Crippen LogP contribution >= 0.6 is 11.3 Å². The smallest absolute Gasteiger partial charge is 0.363 e.